The summed E-state index contributed by atoms with van der Waals surface area (Å²) in [5, 5.41) is 0. The number of nitrogens with two attached hydrogens (primary N) is 1. The molecule has 106 valence electrons. The van der Waals surface area contributed by atoms with Crippen LogP contribution in [-0.4, -0.2) is 29.6 Å². The summed E-state index contributed by atoms with van der Waals surface area (Å²) >= 11 is 0. The molecule has 2 aliphatic rings. The zero-order valence-electron chi connectivity index (χ0n) is 12.8. The van der Waals surface area contributed by atoms with Gasteiger partial charge in [-0.05, 0) is 43.9 Å². The second-order valence-corrected chi connectivity index (χ2v) is 7.52. The van der Waals surface area contributed by atoms with E-state index in [1.807, 2.05) is 0 Å². The lowest BCUT2D eigenvalue weighted by Gasteiger charge is -2.49. The van der Waals surface area contributed by atoms with Crippen LogP contribution in [0.15, 0.2) is 0 Å². The summed E-state index contributed by atoms with van der Waals surface area (Å²) < 4.78 is 0. The minimum atomic E-state index is 0.215. The minimum Gasteiger partial charge on any atom is -0.329 e. The molecule has 1 unspecified atom stereocenters. The van der Waals surface area contributed by atoms with Crippen molar-refractivity contribution in [3.05, 3.63) is 0 Å². The Labute approximate surface area is 113 Å². The number of hydrogen-bond donors (Lipinski definition) is 1. The standard InChI is InChI=1S/C16H32N2/c1-13(2)11-18(14-7-5-6-8-14)16(4,12-17)15(3)9-10-15/h13-14H,5-12,17H2,1-4H3. The Morgan fingerprint density at radius 1 is 1.28 bits per heavy atom. The van der Waals surface area contributed by atoms with Crippen LogP contribution >= 0.6 is 0 Å². The average Bonchev–Trinajstić information content (AvgIpc) is 2.89. The molecule has 0 amide bonds. The summed E-state index contributed by atoms with van der Waals surface area (Å²) in [6.07, 6.45) is 8.33. The fraction of sp³-hybridized carbons (Fsp3) is 1.00. The lowest BCUT2D eigenvalue weighted by atomic mass is 9.80. The van der Waals surface area contributed by atoms with E-state index in [2.05, 4.69) is 32.6 Å². The third-order valence-corrected chi connectivity index (χ3v) is 5.66. The van der Waals surface area contributed by atoms with Crippen molar-refractivity contribution in [3.8, 4) is 0 Å². The summed E-state index contributed by atoms with van der Waals surface area (Å²) in [6.45, 7) is 11.6. The predicted octanol–water partition coefficient (Wildman–Crippen LogP) is 3.40. The van der Waals surface area contributed by atoms with Crippen molar-refractivity contribution in [2.75, 3.05) is 13.1 Å². The van der Waals surface area contributed by atoms with Gasteiger partial charge in [0, 0.05) is 24.7 Å². The van der Waals surface area contributed by atoms with Gasteiger partial charge in [0.2, 0.25) is 0 Å². The second kappa shape index (κ2) is 5.13. The van der Waals surface area contributed by atoms with Crippen LogP contribution in [0.2, 0.25) is 0 Å². The molecule has 2 N–H and O–H groups in total. The smallest absolute Gasteiger partial charge is 0.0360 e. The number of nitrogens with zero attached hydrogens (tertiary/aromatic N) is 1. The molecule has 0 heterocycles. The van der Waals surface area contributed by atoms with Crippen molar-refractivity contribution in [1.82, 2.24) is 4.90 Å². The Balaban J connectivity index is 2.20. The molecule has 2 fully saturated rings. The molecular formula is C16H32N2. The van der Waals surface area contributed by atoms with Gasteiger partial charge >= 0.3 is 0 Å². The van der Waals surface area contributed by atoms with E-state index in [4.69, 9.17) is 5.73 Å². The van der Waals surface area contributed by atoms with Gasteiger partial charge in [-0.15, -0.1) is 0 Å². The van der Waals surface area contributed by atoms with Crippen LogP contribution in [0.1, 0.15) is 66.2 Å². The summed E-state index contributed by atoms with van der Waals surface area (Å²) in [5.41, 5.74) is 6.92. The van der Waals surface area contributed by atoms with Crippen LogP contribution in [0.4, 0.5) is 0 Å². The van der Waals surface area contributed by atoms with Gasteiger partial charge in [-0.2, -0.15) is 0 Å². The largest absolute Gasteiger partial charge is 0.329 e. The van der Waals surface area contributed by atoms with E-state index < -0.39 is 0 Å². The summed E-state index contributed by atoms with van der Waals surface area (Å²) in [7, 11) is 0. The van der Waals surface area contributed by atoms with E-state index in [1.54, 1.807) is 0 Å². The van der Waals surface area contributed by atoms with Gasteiger partial charge in [-0.25, -0.2) is 0 Å². The molecule has 0 aromatic carbocycles. The highest BCUT2D eigenvalue weighted by Crippen LogP contribution is 2.56. The maximum atomic E-state index is 6.24. The molecule has 2 aliphatic carbocycles. The lowest BCUT2D eigenvalue weighted by molar-refractivity contribution is 0.00208. The Bertz CT molecular complexity index is 277. The predicted molar refractivity (Wildman–Crippen MR) is 78.6 cm³/mol. The highest BCUT2D eigenvalue weighted by Gasteiger charge is 2.56. The summed E-state index contributed by atoms with van der Waals surface area (Å²) in [6, 6.07) is 0.790. The zero-order valence-corrected chi connectivity index (χ0v) is 12.8. The lowest BCUT2D eigenvalue weighted by Crippen LogP contribution is -2.60. The molecule has 0 aliphatic heterocycles. The molecule has 0 aromatic rings. The topological polar surface area (TPSA) is 29.3 Å². The van der Waals surface area contributed by atoms with Gasteiger partial charge < -0.3 is 5.73 Å². The van der Waals surface area contributed by atoms with Crippen LogP contribution in [0.25, 0.3) is 0 Å². The van der Waals surface area contributed by atoms with Gasteiger partial charge in [0.05, 0.1) is 0 Å². The van der Waals surface area contributed by atoms with Crippen molar-refractivity contribution in [2.24, 2.45) is 17.1 Å². The van der Waals surface area contributed by atoms with Gasteiger partial charge in [-0.1, -0.05) is 33.6 Å². The summed E-state index contributed by atoms with van der Waals surface area (Å²) in [5.74, 6) is 0.735. The van der Waals surface area contributed by atoms with Gasteiger partial charge in [0.15, 0.2) is 0 Å². The van der Waals surface area contributed by atoms with E-state index >= 15 is 0 Å². The molecule has 18 heavy (non-hydrogen) atoms. The van der Waals surface area contributed by atoms with E-state index in [1.165, 1.54) is 45.1 Å². The molecule has 0 bridgehead atoms. The molecule has 2 rings (SSSR count). The van der Waals surface area contributed by atoms with Crippen molar-refractivity contribution in [3.63, 3.8) is 0 Å². The van der Waals surface area contributed by atoms with E-state index in [0.29, 0.717) is 5.41 Å². The molecular weight excluding hydrogens is 220 g/mol. The molecule has 0 radical (unpaired) electrons. The Hall–Kier alpha value is -0.0800. The monoisotopic (exact) mass is 252 g/mol. The number of hydrogen-bond acceptors (Lipinski definition) is 2. The first-order valence-electron chi connectivity index (χ1n) is 7.90. The fourth-order valence-corrected chi connectivity index (χ4v) is 3.80. The number of rotatable bonds is 6. The van der Waals surface area contributed by atoms with E-state index in [9.17, 15) is 0 Å². The maximum absolute atomic E-state index is 6.24. The molecule has 1 atom stereocenters. The zero-order chi connectivity index (χ0) is 13.4. The normalized spacial score (nSPS) is 26.8. The van der Waals surface area contributed by atoms with Crippen LogP contribution in [0, 0.1) is 11.3 Å². The third-order valence-electron chi connectivity index (χ3n) is 5.66. The molecule has 0 aromatic heterocycles. The van der Waals surface area contributed by atoms with Crippen molar-refractivity contribution in [2.45, 2.75) is 77.8 Å². The minimum absolute atomic E-state index is 0.215. The Morgan fingerprint density at radius 3 is 2.22 bits per heavy atom. The highest BCUT2D eigenvalue weighted by molar-refractivity contribution is 5.11. The van der Waals surface area contributed by atoms with Crippen LogP contribution < -0.4 is 5.73 Å². The fourth-order valence-electron chi connectivity index (χ4n) is 3.80. The summed E-state index contributed by atoms with van der Waals surface area (Å²) in [4.78, 5) is 2.80. The Morgan fingerprint density at radius 2 is 1.83 bits per heavy atom. The molecule has 2 heteroatoms. The molecule has 2 nitrogen and oxygen atoms in total. The molecule has 0 spiro atoms. The first-order chi connectivity index (χ1) is 8.43. The average molecular weight is 252 g/mol. The van der Waals surface area contributed by atoms with E-state index in [-0.39, 0.29) is 5.54 Å². The van der Waals surface area contributed by atoms with Crippen LogP contribution in [0.3, 0.4) is 0 Å². The first kappa shape index (κ1) is 14.3. The Kier molecular flexibility index (Phi) is 4.08. The van der Waals surface area contributed by atoms with Crippen molar-refractivity contribution >= 4 is 0 Å². The second-order valence-electron chi connectivity index (χ2n) is 7.52. The van der Waals surface area contributed by atoms with Crippen molar-refractivity contribution in [1.29, 1.82) is 0 Å². The SMILES string of the molecule is CC(C)CN(C1CCCC1)C(C)(CN)C1(C)CC1. The van der Waals surface area contributed by atoms with Gasteiger partial charge in [-0.3, -0.25) is 4.90 Å². The molecule has 0 saturated heterocycles. The van der Waals surface area contributed by atoms with Crippen LogP contribution in [-0.2, 0) is 0 Å². The molecule has 2 saturated carbocycles. The van der Waals surface area contributed by atoms with Gasteiger partial charge in [0.25, 0.3) is 0 Å². The highest BCUT2D eigenvalue weighted by atomic mass is 15.3. The van der Waals surface area contributed by atoms with E-state index in [0.717, 1.165) is 18.5 Å². The van der Waals surface area contributed by atoms with Gasteiger partial charge in [0.1, 0.15) is 0 Å². The quantitative estimate of drug-likeness (QED) is 0.785. The van der Waals surface area contributed by atoms with Crippen molar-refractivity contribution < 1.29 is 0 Å². The van der Waals surface area contributed by atoms with Crippen LogP contribution in [0.5, 0.6) is 0 Å². The maximum Gasteiger partial charge on any atom is 0.0360 e. The third kappa shape index (κ3) is 2.46. The first-order valence-corrected chi connectivity index (χ1v) is 7.90.